The van der Waals surface area contributed by atoms with Gasteiger partial charge < -0.3 is 5.11 Å². The van der Waals surface area contributed by atoms with Gasteiger partial charge in [0.2, 0.25) is 0 Å². The molecule has 0 bridgehead atoms. The molecule has 1 heterocycles. The highest BCUT2D eigenvalue weighted by molar-refractivity contribution is 9.10. The molecule has 0 aliphatic rings. The summed E-state index contributed by atoms with van der Waals surface area (Å²) in [6, 6.07) is 5.32. The molecule has 0 saturated carbocycles. The molecule has 0 aliphatic heterocycles. The normalized spacial score (nSPS) is 10.5. The predicted octanol–water partition coefficient (Wildman–Crippen LogP) is 3.35. The predicted molar refractivity (Wildman–Crippen MR) is 61.4 cm³/mol. The fourth-order valence-corrected chi connectivity index (χ4v) is 1.92. The second-order valence-corrected chi connectivity index (χ2v) is 4.25. The number of aromatic carboxylic acids is 1. The lowest BCUT2D eigenvalue weighted by Gasteiger charge is -2.03. The van der Waals surface area contributed by atoms with Gasteiger partial charge in [-0.15, -0.1) is 0 Å². The lowest BCUT2D eigenvalue weighted by atomic mass is 10.1. The van der Waals surface area contributed by atoms with Gasteiger partial charge in [-0.1, -0.05) is 33.6 Å². The maximum Gasteiger partial charge on any atom is 0.338 e. The third-order valence-corrected chi connectivity index (χ3v) is 2.90. The lowest BCUT2D eigenvalue weighted by Crippen LogP contribution is -1.99. The first-order valence-electron chi connectivity index (χ1n) is 4.06. The summed E-state index contributed by atoms with van der Waals surface area (Å²) in [5, 5.41) is 9.71. The maximum absolute atomic E-state index is 10.8. The van der Waals surface area contributed by atoms with Crippen LogP contribution in [-0.2, 0) is 0 Å². The summed E-state index contributed by atoms with van der Waals surface area (Å²) < 4.78 is 0.877. The summed E-state index contributed by atoms with van der Waals surface area (Å²) in [7, 11) is 0. The van der Waals surface area contributed by atoms with Crippen LogP contribution in [0.25, 0.3) is 10.9 Å². The molecule has 0 amide bonds. The summed E-state index contributed by atoms with van der Waals surface area (Å²) >= 11 is 9.26. The zero-order chi connectivity index (χ0) is 11.0. The summed E-state index contributed by atoms with van der Waals surface area (Å²) in [6.45, 7) is 0. The minimum Gasteiger partial charge on any atom is -0.478 e. The Morgan fingerprint density at radius 1 is 1.47 bits per heavy atom. The van der Waals surface area contributed by atoms with Gasteiger partial charge in [0.1, 0.15) is 0 Å². The highest BCUT2D eigenvalue weighted by Gasteiger charge is 2.12. The van der Waals surface area contributed by atoms with Gasteiger partial charge in [0.25, 0.3) is 0 Å². The number of carbonyl (C=O) groups is 1. The van der Waals surface area contributed by atoms with Gasteiger partial charge >= 0.3 is 5.97 Å². The second-order valence-electron chi connectivity index (χ2n) is 2.95. The Balaban J connectivity index is 2.80. The molecule has 2 rings (SSSR count). The van der Waals surface area contributed by atoms with Gasteiger partial charge in [0.15, 0.2) is 0 Å². The topological polar surface area (TPSA) is 50.2 Å². The summed E-state index contributed by atoms with van der Waals surface area (Å²) in [5.41, 5.74) is 0.686. The lowest BCUT2D eigenvalue weighted by molar-refractivity contribution is 0.0697. The number of hydrogen-bond acceptors (Lipinski definition) is 2. The van der Waals surface area contributed by atoms with Crippen molar-refractivity contribution < 1.29 is 9.90 Å². The average Bonchev–Trinajstić information content (AvgIpc) is 2.17. The van der Waals surface area contributed by atoms with Gasteiger partial charge in [0, 0.05) is 16.1 Å². The first-order chi connectivity index (χ1) is 7.09. The number of carboxylic acids is 1. The number of fused-ring (bicyclic) bond motifs is 1. The van der Waals surface area contributed by atoms with Crippen molar-refractivity contribution >= 4 is 44.4 Å². The van der Waals surface area contributed by atoms with Crippen molar-refractivity contribution in [3.63, 3.8) is 0 Å². The number of aromatic nitrogens is 1. The molecule has 5 heteroatoms. The zero-order valence-electron chi connectivity index (χ0n) is 7.37. The van der Waals surface area contributed by atoms with E-state index in [0.29, 0.717) is 10.9 Å². The molecule has 0 spiro atoms. The quantitative estimate of drug-likeness (QED) is 0.874. The molecule has 0 fully saturated rings. The third kappa shape index (κ3) is 1.82. The second kappa shape index (κ2) is 3.79. The summed E-state index contributed by atoms with van der Waals surface area (Å²) in [4.78, 5) is 14.8. The fourth-order valence-electron chi connectivity index (χ4n) is 1.28. The van der Waals surface area contributed by atoms with Crippen molar-refractivity contribution in [2.75, 3.05) is 0 Å². The van der Waals surface area contributed by atoms with Gasteiger partial charge in [-0.05, 0) is 12.1 Å². The number of halogens is 2. The van der Waals surface area contributed by atoms with E-state index in [1.807, 2.05) is 0 Å². The van der Waals surface area contributed by atoms with Crippen LogP contribution in [0, 0.1) is 0 Å². The third-order valence-electron chi connectivity index (χ3n) is 2.00. The number of nitrogens with zero attached hydrogens (tertiary/aromatic N) is 1. The van der Waals surface area contributed by atoms with Crippen molar-refractivity contribution in [3.8, 4) is 0 Å². The van der Waals surface area contributed by atoms with E-state index < -0.39 is 5.97 Å². The van der Waals surface area contributed by atoms with Gasteiger partial charge in [-0.25, -0.2) is 4.79 Å². The fraction of sp³-hybridized carbons (Fsp3) is 0. The average molecular weight is 287 g/mol. The molecule has 15 heavy (non-hydrogen) atoms. The zero-order valence-corrected chi connectivity index (χ0v) is 9.71. The molecule has 1 aromatic carbocycles. The van der Waals surface area contributed by atoms with E-state index in [2.05, 4.69) is 20.9 Å². The minimum absolute atomic E-state index is 0.0199. The molecule has 2 aromatic rings. The molecule has 0 saturated heterocycles. The van der Waals surface area contributed by atoms with Crippen LogP contribution in [-0.4, -0.2) is 16.1 Å². The summed E-state index contributed by atoms with van der Waals surface area (Å²) in [5.74, 6) is -1.07. The van der Waals surface area contributed by atoms with Gasteiger partial charge in [0.05, 0.1) is 16.1 Å². The molecular formula is C10H5BrClNO2. The van der Waals surface area contributed by atoms with Crippen LogP contribution in [0.5, 0.6) is 0 Å². The standard InChI is InChI=1S/C10H5BrClNO2/c11-5-1-2-6-8(3-5)13-4-7(9(6)12)10(14)15/h1-4H,(H,14,15). The Hall–Kier alpha value is -1.13. The monoisotopic (exact) mass is 285 g/mol. The molecule has 1 N–H and O–H groups in total. The molecule has 1 aromatic heterocycles. The molecule has 0 unspecified atom stereocenters. The number of rotatable bonds is 1. The van der Waals surface area contributed by atoms with E-state index in [1.165, 1.54) is 6.20 Å². The van der Waals surface area contributed by atoms with Crippen LogP contribution in [0.3, 0.4) is 0 Å². The minimum atomic E-state index is -1.07. The largest absolute Gasteiger partial charge is 0.478 e. The van der Waals surface area contributed by atoms with Crippen LogP contribution in [0.15, 0.2) is 28.9 Å². The Morgan fingerprint density at radius 2 is 2.20 bits per heavy atom. The van der Waals surface area contributed by atoms with Crippen LogP contribution in [0.1, 0.15) is 10.4 Å². The molecule has 3 nitrogen and oxygen atoms in total. The molecule has 0 aliphatic carbocycles. The van der Waals surface area contributed by atoms with Crippen molar-refractivity contribution in [3.05, 3.63) is 39.5 Å². The number of pyridine rings is 1. The molecule has 0 radical (unpaired) electrons. The van der Waals surface area contributed by atoms with Gasteiger partial charge in [-0.2, -0.15) is 0 Å². The maximum atomic E-state index is 10.8. The highest BCUT2D eigenvalue weighted by atomic mass is 79.9. The Kier molecular flexibility index (Phi) is 2.63. The van der Waals surface area contributed by atoms with Crippen LogP contribution >= 0.6 is 27.5 Å². The smallest absolute Gasteiger partial charge is 0.338 e. The van der Waals surface area contributed by atoms with Gasteiger partial charge in [-0.3, -0.25) is 4.98 Å². The number of carboxylic acid groups (broad SMARTS) is 1. The Labute approximate surface area is 98.8 Å². The first-order valence-corrected chi connectivity index (χ1v) is 5.24. The molecule has 0 atom stereocenters. The van der Waals surface area contributed by atoms with E-state index in [1.54, 1.807) is 18.2 Å². The number of hydrogen-bond donors (Lipinski definition) is 1. The van der Waals surface area contributed by atoms with Crippen LogP contribution in [0.2, 0.25) is 5.02 Å². The van der Waals surface area contributed by atoms with E-state index >= 15 is 0 Å². The Morgan fingerprint density at radius 3 is 2.87 bits per heavy atom. The summed E-state index contributed by atoms with van der Waals surface area (Å²) in [6.07, 6.45) is 1.26. The first kappa shape index (κ1) is 10.4. The van der Waals surface area contributed by atoms with E-state index in [0.717, 1.165) is 4.47 Å². The molecule has 76 valence electrons. The van der Waals surface area contributed by atoms with Crippen LogP contribution in [0.4, 0.5) is 0 Å². The molecular weight excluding hydrogens is 281 g/mol. The van der Waals surface area contributed by atoms with Crippen molar-refractivity contribution in [1.82, 2.24) is 4.98 Å². The van der Waals surface area contributed by atoms with Crippen molar-refractivity contribution in [1.29, 1.82) is 0 Å². The van der Waals surface area contributed by atoms with Crippen molar-refractivity contribution in [2.24, 2.45) is 0 Å². The highest BCUT2D eigenvalue weighted by Crippen LogP contribution is 2.27. The van der Waals surface area contributed by atoms with E-state index in [4.69, 9.17) is 16.7 Å². The van der Waals surface area contributed by atoms with E-state index in [9.17, 15) is 4.79 Å². The Bertz CT molecular complexity index is 556. The van der Waals surface area contributed by atoms with Crippen molar-refractivity contribution in [2.45, 2.75) is 0 Å². The van der Waals surface area contributed by atoms with Crippen LogP contribution < -0.4 is 0 Å². The number of benzene rings is 1. The van der Waals surface area contributed by atoms with E-state index in [-0.39, 0.29) is 10.6 Å². The SMILES string of the molecule is O=C(O)c1cnc2cc(Br)ccc2c1Cl.